The number of nitrogens with zero attached hydrogens (tertiary/aromatic N) is 5. The average molecular weight is 646 g/mol. The topological polar surface area (TPSA) is 163 Å². The summed E-state index contributed by atoms with van der Waals surface area (Å²) >= 11 is 12.0. The zero-order chi connectivity index (χ0) is 28.9. The summed E-state index contributed by atoms with van der Waals surface area (Å²) in [6, 6.07) is 13.3. The van der Waals surface area contributed by atoms with Gasteiger partial charge in [0.05, 0.1) is 27.6 Å². The molecule has 12 nitrogen and oxygen atoms in total. The van der Waals surface area contributed by atoms with Crippen LogP contribution in [0.1, 0.15) is 0 Å². The van der Waals surface area contributed by atoms with Crippen molar-refractivity contribution in [3.8, 4) is 5.82 Å². The van der Waals surface area contributed by atoms with E-state index in [2.05, 4.69) is 10.2 Å². The molecular formula is C23H22Cl2N5O7PS2. The molecule has 4 aromatic rings. The Morgan fingerprint density at radius 1 is 0.925 bits per heavy atom. The van der Waals surface area contributed by atoms with E-state index >= 15 is 0 Å². The smallest absolute Gasteiger partial charge is 0.345 e. The predicted octanol–water partition coefficient (Wildman–Crippen LogP) is 3.29. The minimum Gasteiger partial charge on any atom is -0.353 e. The summed E-state index contributed by atoms with van der Waals surface area (Å²) in [5.74, 6) is 1.13. The van der Waals surface area contributed by atoms with Crippen LogP contribution in [0.25, 0.3) is 16.7 Å². The lowest BCUT2D eigenvalue weighted by Gasteiger charge is -2.27. The van der Waals surface area contributed by atoms with Gasteiger partial charge in [-0.3, -0.25) is 13.4 Å². The lowest BCUT2D eigenvalue weighted by atomic mass is 10.2. The van der Waals surface area contributed by atoms with Gasteiger partial charge in [0.15, 0.2) is 21.5 Å². The maximum atomic E-state index is 13.5. The molecule has 40 heavy (non-hydrogen) atoms. The first-order valence-corrected chi connectivity index (χ1v) is 17.5. The molecule has 0 amide bonds. The summed E-state index contributed by atoms with van der Waals surface area (Å²) in [5, 5.41) is 9.18. The number of halogens is 2. The molecule has 1 aliphatic rings. The highest BCUT2D eigenvalue weighted by Crippen LogP contribution is 2.40. The Morgan fingerprint density at radius 3 is 2.15 bits per heavy atom. The number of hydrogen-bond donors (Lipinski definition) is 2. The van der Waals surface area contributed by atoms with Crippen LogP contribution in [0.2, 0.25) is 10.0 Å². The van der Waals surface area contributed by atoms with Gasteiger partial charge in [0, 0.05) is 34.7 Å². The minimum atomic E-state index is -4.83. The number of benzene rings is 2. The second kappa shape index (κ2) is 10.6. The van der Waals surface area contributed by atoms with Crippen LogP contribution in [0.15, 0.2) is 65.7 Å². The monoisotopic (exact) mass is 645 g/mol. The van der Waals surface area contributed by atoms with E-state index in [4.69, 9.17) is 23.2 Å². The molecule has 0 saturated carbocycles. The van der Waals surface area contributed by atoms with Crippen molar-refractivity contribution in [3.05, 3.63) is 70.8 Å². The molecule has 2 aromatic heterocycles. The van der Waals surface area contributed by atoms with Crippen LogP contribution in [0.5, 0.6) is 0 Å². The number of anilines is 2. The standard InChI is InChI=1S/C23H22Cl2N5O7PS2/c24-17-12-18(25)14-20(13-17)40(36,37)30(15-38(31,32)33)19-1-2-21-16(11-19)5-6-29(21)23-4-3-22(26-27-23)28-7-9-39(34,35)10-8-28/h1-6,11-14H,7-10,15H2,(H2,31,32,33). The van der Waals surface area contributed by atoms with E-state index in [0.29, 0.717) is 39.9 Å². The average Bonchev–Trinajstić information content (AvgIpc) is 3.29. The third kappa shape index (κ3) is 6.13. The van der Waals surface area contributed by atoms with Crippen LogP contribution in [0.4, 0.5) is 11.5 Å². The lowest BCUT2D eigenvalue weighted by molar-refractivity contribution is 0.373. The Balaban J connectivity index is 1.48. The molecule has 17 heteroatoms. The molecule has 2 N–H and O–H groups in total. The van der Waals surface area contributed by atoms with Crippen LogP contribution in [-0.2, 0) is 24.4 Å². The van der Waals surface area contributed by atoms with E-state index in [-0.39, 0.29) is 32.1 Å². The SMILES string of the molecule is O=P(O)(O)CN(c1ccc2c(ccn2-c2ccc(N3CCS(=O)(=O)CC3)nn2)c1)S(=O)(=O)c1cc(Cl)cc(Cl)c1. The number of sulfonamides is 1. The number of aromatic nitrogens is 3. The van der Waals surface area contributed by atoms with Crippen molar-refractivity contribution in [2.45, 2.75) is 4.90 Å². The third-order valence-electron chi connectivity index (χ3n) is 6.25. The van der Waals surface area contributed by atoms with Crippen molar-refractivity contribution < 1.29 is 31.2 Å². The first kappa shape index (κ1) is 28.8. The number of rotatable bonds is 7. The number of sulfone groups is 1. The largest absolute Gasteiger partial charge is 0.353 e. The highest BCUT2D eigenvalue weighted by Gasteiger charge is 2.32. The highest BCUT2D eigenvalue weighted by molar-refractivity contribution is 7.93. The summed E-state index contributed by atoms with van der Waals surface area (Å²) in [5.41, 5.74) is 0.653. The van der Waals surface area contributed by atoms with Gasteiger partial charge in [-0.15, -0.1) is 10.2 Å². The Kier molecular flexibility index (Phi) is 7.64. The molecule has 0 atom stereocenters. The van der Waals surface area contributed by atoms with E-state index in [9.17, 15) is 31.2 Å². The molecule has 2 aromatic carbocycles. The van der Waals surface area contributed by atoms with Gasteiger partial charge in [0.25, 0.3) is 10.0 Å². The van der Waals surface area contributed by atoms with Gasteiger partial charge < -0.3 is 14.7 Å². The molecule has 3 heterocycles. The second-order valence-electron chi connectivity index (χ2n) is 9.08. The number of fused-ring (bicyclic) bond motifs is 1. The molecule has 0 radical (unpaired) electrons. The van der Waals surface area contributed by atoms with Crippen molar-refractivity contribution in [3.63, 3.8) is 0 Å². The predicted molar refractivity (Wildman–Crippen MR) is 153 cm³/mol. The van der Waals surface area contributed by atoms with Crippen molar-refractivity contribution in [2.75, 3.05) is 40.1 Å². The molecule has 0 unspecified atom stereocenters. The summed E-state index contributed by atoms with van der Waals surface area (Å²) in [7, 11) is -12.3. The Morgan fingerprint density at radius 2 is 1.55 bits per heavy atom. The zero-order valence-electron chi connectivity index (χ0n) is 20.5. The lowest BCUT2D eigenvalue weighted by Crippen LogP contribution is -2.40. The summed E-state index contributed by atoms with van der Waals surface area (Å²) < 4.78 is 64.6. The van der Waals surface area contributed by atoms with Gasteiger partial charge >= 0.3 is 7.60 Å². The maximum Gasteiger partial charge on any atom is 0.345 e. The zero-order valence-corrected chi connectivity index (χ0v) is 24.5. The van der Waals surface area contributed by atoms with Crippen molar-refractivity contribution in [1.82, 2.24) is 14.8 Å². The van der Waals surface area contributed by atoms with Crippen LogP contribution in [0, 0.1) is 0 Å². The second-order valence-corrected chi connectivity index (χ2v) is 15.7. The van der Waals surface area contributed by atoms with E-state index in [1.54, 1.807) is 35.0 Å². The first-order chi connectivity index (χ1) is 18.7. The van der Waals surface area contributed by atoms with Gasteiger partial charge in [-0.2, -0.15) is 0 Å². The van der Waals surface area contributed by atoms with Crippen LogP contribution < -0.4 is 9.21 Å². The Hall–Kier alpha value is -2.71. The van der Waals surface area contributed by atoms with Gasteiger partial charge in [0.1, 0.15) is 6.29 Å². The van der Waals surface area contributed by atoms with Crippen LogP contribution in [-0.4, -0.2) is 72.3 Å². The third-order valence-corrected chi connectivity index (χ3v) is 10.9. The fraction of sp³-hybridized carbons (Fsp3) is 0.217. The highest BCUT2D eigenvalue weighted by atomic mass is 35.5. The molecule has 0 aliphatic carbocycles. The fourth-order valence-corrected chi connectivity index (χ4v) is 8.92. The van der Waals surface area contributed by atoms with Crippen LogP contribution >= 0.6 is 30.8 Å². The van der Waals surface area contributed by atoms with E-state index < -0.39 is 33.7 Å². The quantitative estimate of drug-likeness (QED) is 0.285. The van der Waals surface area contributed by atoms with Crippen LogP contribution in [0.3, 0.4) is 0 Å². The van der Waals surface area contributed by atoms with Gasteiger partial charge in [-0.1, -0.05) is 23.2 Å². The molecule has 5 rings (SSSR count). The summed E-state index contributed by atoms with van der Waals surface area (Å²) in [4.78, 5) is 20.9. The van der Waals surface area contributed by atoms with E-state index in [1.165, 1.54) is 18.2 Å². The van der Waals surface area contributed by atoms with Gasteiger partial charge in [-0.05, 0) is 54.6 Å². The minimum absolute atomic E-state index is 0.0196. The van der Waals surface area contributed by atoms with Crippen molar-refractivity contribution in [2.24, 2.45) is 0 Å². The van der Waals surface area contributed by atoms with E-state index in [1.807, 2.05) is 4.90 Å². The Labute approximate surface area is 239 Å². The molecule has 212 valence electrons. The molecule has 1 saturated heterocycles. The molecule has 1 aliphatic heterocycles. The van der Waals surface area contributed by atoms with Crippen molar-refractivity contribution >= 4 is 73.1 Å². The molecular weight excluding hydrogens is 624 g/mol. The molecule has 1 fully saturated rings. The number of hydrogen-bond acceptors (Lipinski definition) is 8. The Bertz CT molecular complexity index is 1830. The summed E-state index contributed by atoms with van der Waals surface area (Å²) in [6.45, 7) is 0.669. The fourth-order valence-electron chi connectivity index (χ4n) is 4.31. The normalized spacial score (nSPS) is 15.8. The molecule has 0 bridgehead atoms. The summed E-state index contributed by atoms with van der Waals surface area (Å²) in [6.07, 6.45) is 0.598. The van der Waals surface area contributed by atoms with Crippen molar-refractivity contribution in [1.29, 1.82) is 0 Å². The van der Waals surface area contributed by atoms with Gasteiger partial charge in [-0.25, -0.2) is 16.8 Å². The molecule has 0 spiro atoms. The maximum absolute atomic E-state index is 13.5. The first-order valence-electron chi connectivity index (χ1n) is 11.7. The van der Waals surface area contributed by atoms with E-state index in [0.717, 1.165) is 12.1 Å². The van der Waals surface area contributed by atoms with Gasteiger partial charge in [0.2, 0.25) is 0 Å².